The van der Waals surface area contributed by atoms with Crippen LogP contribution in [0.3, 0.4) is 0 Å². The van der Waals surface area contributed by atoms with Gasteiger partial charge < -0.3 is 5.32 Å². The molecule has 1 saturated heterocycles. The number of halogens is 2. The lowest BCUT2D eigenvalue weighted by atomic mass is 10.1. The first kappa shape index (κ1) is 21.0. The number of nitrogens with zero attached hydrogens (tertiary/aromatic N) is 1. The summed E-state index contributed by atoms with van der Waals surface area (Å²) in [7, 11) is -3.71. The Morgan fingerprint density at radius 2 is 1.96 bits per heavy atom. The monoisotopic (exact) mass is 468 g/mol. The second-order valence-electron chi connectivity index (χ2n) is 6.88. The highest BCUT2D eigenvalue weighted by Gasteiger charge is 2.39. The predicted molar refractivity (Wildman–Crippen MR) is 109 cm³/mol. The van der Waals surface area contributed by atoms with Crippen molar-refractivity contribution in [3.8, 4) is 0 Å². The summed E-state index contributed by atoms with van der Waals surface area (Å²) in [5, 5.41) is 2.82. The summed E-state index contributed by atoms with van der Waals surface area (Å²) in [4.78, 5) is 12.8. The van der Waals surface area contributed by atoms with E-state index >= 15 is 0 Å². The van der Waals surface area contributed by atoms with E-state index in [1.807, 2.05) is 6.92 Å². The summed E-state index contributed by atoms with van der Waals surface area (Å²) in [6.07, 6.45) is 1.68. The van der Waals surface area contributed by atoms with Crippen LogP contribution in [0.4, 0.5) is 4.39 Å². The largest absolute Gasteiger partial charge is 0.354 e. The van der Waals surface area contributed by atoms with Crippen molar-refractivity contribution < 1.29 is 17.6 Å². The number of rotatable bonds is 6. The standard InChI is InChI=1S/C20H22BrFN2O3S/c1-14-4-7-16(8-5-14)28(26,27)24-12-2-3-19(24)20(25)23-11-10-15-6-9-18(22)17(21)13-15/h4-9,13,19H,2-3,10-12H2,1H3,(H,23,25)/t19-/m0/s1. The van der Waals surface area contributed by atoms with E-state index < -0.39 is 16.1 Å². The second kappa shape index (κ2) is 8.71. The van der Waals surface area contributed by atoms with Crippen LogP contribution in [0.1, 0.15) is 24.0 Å². The van der Waals surface area contributed by atoms with E-state index in [2.05, 4.69) is 21.2 Å². The molecule has 1 aliphatic rings. The molecule has 2 aromatic carbocycles. The third kappa shape index (κ3) is 4.61. The van der Waals surface area contributed by atoms with Crippen molar-refractivity contribution in [2.45, 2.75) is 37.1 Å². The second-order valence-corrected chi connectivity index (χ2v) is 9.62. The minimum atomic E-state index is -3.71. The topological polar surface area (TPSA) is 66.5 Å². The summed E-state index contributed by atoms with van der Waals surface area (Å²) >= 11 is 3.14. The van der Waals surface area contributed by atoms with Crippen LogP contribution in [-0.2, 0) is 21.2 Å². The predicted octanol–water partition coefficient (Wildman–Crippen LogP) is 3.41. The zero-order valence-corrected chi connectivity index (χ0v) is 17.9. The number of sulfonamides is 1. The van der Waals surface area contributed by atoms with Crippen molar-refractivity contribution in [2.75, 3.05) is 13.1 Å². The molecule has 0 aromatic heterocycles. The molecule has 1 heterocycles. The number of nitrogens with one attached hydrogen (secondary N) is 1. The maximum atomic E-state index is 13.3. The van der Waals surface area contributed by atoms with Gasteiger partial charge in [-0.3, -0.25) is 4.79 Å². The molecule has 5 nitrogen and oxygen atoms in total. The van der Waals surface area contributed by atoms with Gasteiger partial charge in [-0.1, -0.05) is 23.8 Å². The van der Waals surface area contributed by atoms with Crippen molar-refractivity contribution >= 4 is 31.9 Å². The van der Waals surface area contributed by atoms with Crippen LogP contribution in [0, 0.1) is 12.7 Å². The van der Waals surface area contributed by atoms with Gasteiger partial charge in [0.1, 0.15) is 11.9 Å². The molecule has 3 rings (SSSR count). The van der Waals surface area contributed by atoms with E-state index in [9.17, 15) is 17.6 Å². The number of aryl methyl sites for hydroxylation is 1. The van der Waals surface area contributed by atoms with Crippen molar-refractivity contribution in [3.05, 3.63) is 63.9 Å². The molecule has 0 unspecified atom stereocenters. The van der Waals surface area contributed by atoms with Gasteiger partial charge in [-0.05, 0) is 71.9 Å². The maximum absolute atomic E-state index is 13.3. The SMILES string of the molecule is Cc1ccc(S(=O)(=O)N2CCC[C@H]2C(=O)NCCc2ccc(F)c(Br)c2)cc1. The molecule has 2 aromatic rings. The number of hydrogen-bond donors (Lipinski definition) is 1. The van der Waals surface area contributed by atoms with Gasteiger partial charge in [0, 0.05) is 13.1 Å². The molecule has 0 spiro atoms. The molecule has 0 bridgehead atoms. The molecule has 1 fully saturated rings. The molecular weight excluding hydrogens is 447 g/mol. The fourth-order valence-corrected chi connectivity index (χ4v) is 5.36. The summed E-state index contributed by atoms with van der Waals surface area (Å²) in [5.74, 6) is -0.634. The quantitative estimate of drug-likeness (QED) is 0.706. The van der Waals surface area contributed by atoms with Crippen LogP contribution >= 0.6 is 15.9 Å². The molecule has 0 radical (unpaired) electrons. The third-order valence-electron chi connectivity index (χ3n) is 4.83. The van der Waals surface area contributed by atoms with Crippen molar-refractivity contribution in [3.63, 3.8) is 0 Å². The first-order valence-electron chi connectivity index (χ1n) is 9.09. The Bertz CT molecular complexity index is 964. The highest BCUT2D eigenvalue weighted by molar-refractivity contribution is 9.10. The van der Waals surface area contributed by atoms with Gasteiger partial charge in [-0.25, -0.2) is 12.8 Å². The number of benzene rings is 2. The lowest BCUT2D eigenvalue weighted by Crippen LogP contribution is -2.46. The Balaban J connectivity index is 1.64. The fraction of sp³-hybridized carbons (Fsp3) is 0.350. The van der Waals surface area contributed by atoms with E-state index in [1.165, 1.54) is 10.4 Å². The van der Waals surface area contributed by atoms with E-state index in [1.54, 1.807) is 36.4 Å². The van der Waals surface area contributed by atoms with Crippen LogP contribution in [0.2, 0.25) is 0 Å². The fourth-order valence-electron chi connectivity index (χ4n) is 3.28. The van der Waals surface area contributed by atoms with Gasteiger partial charge in [0.15, 0.2) is 0 Å². The lowest BCUT2D eigenvalue weighted by molar-refractivity contribution is -0.124. The van der Waals surface area contributed by atoms with Crippen LogP contribution in [0.25, 0.3) is 0 Å². The average molecular weight is 469 g/mol. The van der Waals surface area contributed by atoms with Crippen molar-refractivity contribution in [1.29, 1.82) is 0 Å². The Hall–Kier alpha value is -1.77. The smallest absolute Gasteiger partial charge is 0.243 e. The van der Waals surface area contributed by atoms with E-state index in [-0.39, 0.29) is 16.6 Å². The third-order valence-corrected chi connectivity index (χ3v) is 7.36. The molecule has 1 N–H and O–H groups in total. The number of carbonyl (C=O) groups is 1. The Morgan fingerprint density at radius 3 is 2.64 bits per heavy atom. The molecule has 1 atom stereocenters. The highest BCUT2D eigenvalue weighted by Crippen LogP contribution is 2.26. The molecule has 150 valence electrons. The van der Waals surface area contributed by atoms with Crippen molar-refractivity contribution in [2.24, 2.45) is 0 Å². The summed E-state index contributed by atoms with van der Waals surface area (Å²) in [6.45, 7) is 2.58. The van der Waals surface area contributed by atoms with Gasteiger partial charge in [0.25, 0.3) is 0 Å². The zero-order chi connectivity index (χ0) is 20.3. The van der Waals surface area contributed by atoms with Gasteiger partial charge in [0.05, 0.1) is 9.37 Å². The summed E-state index contributed by atoms with van der Waals surface area (Å²) < 4.78 is 40.8. The minimum Gasteiger partial charge on any atom is -0.354 e. The molecule has 1 amide bonds. The van der Waals surface area contributed by atoms with Gasteiger partial charge in [0.2, 0.25) is 15.9 Å². The molecule has 0 saturated carbocycles. The number of carbonyl (C=O) groups excluding carboxylic acids is 1. The van der Waals surface area contributed by atoms with E-state index in [0.29, 0.717) is 36.8 Å². The first-order chi connectivity index (χ1) is 13.3. The highest BCUT2D eigenvalue weighted by atomic mass is 79.9. The normalized spacial score (nSPS) is 17.6. The van der Waals surface area contributed by atoms with Crippen molar-refractivity contribution in [1.82, 2.24) is 9.62 Å². The van der Waals surface area contributed by atoms with E-state index in [4.69, 9.17) is 0 Å². The molecular formula is C20H22BrFN2O3S. The Kier molecular flexibility index (Phi) is 6.52. The molecule has 1 aliphatic heterocycles. The van der Waals surface area contributed by atoms with Gasteiger partial charge in [-0.2, -0.15) is 4.31 Å². The molecule has 28 heavy (non-hydrogen) atoms. The minimum absolute atomic E-state index is 0.203. The lowest BCUT2D eigenvalue weighted by Gasteiger charge is -2.23. The summed E-state index contributed by atoms with van der Waals surface area (Å²) in [5.41, 5.74) is 1.85. The zero-order valence-electron chi connectivity index (χ0n) is 15.5. The maximum Gasteiger partial charge on any atom is 0.243 e. The van der Waals surface area contributed by atoms with Crippen LogP contribution < -0.4 is 5.32 Å². The van der Waals surface area contributed by atoms with Gasteiger partial charge in [-0.15, -0.1) is 0 Å². The molecule has 0 aliphatic carbocycles. The number of hydrogen-bond acceptors (Lipinski definition) is 3. The summed E-state index contributed by atoms with van der Waals surface area (Å²) in [6, 6.07) is 10.6. The first-order valence-corrected chi connectivity index (χ1v) is 11.3. The van der Waals surface area contributed by atoms with Crippen LogP contribution in [-0.4, -0.2) is 37.8 Å². The molecule has 8 heteroatoms. The van der Waals surface area contributed by atoms with Gasteiger partial charge >= 0.3 is 0 Å². The Labute approximate surface area is 173 Å². The Morgan fingerprint density at radius 1 is 1.25 bits per heavy atom. The van der Waals surface area contributed by atoms with E-state index in [0.717, 1.165) is 11.1 Å². The number of amides is 1. The van der Waals surface area contributed by atoms with Crippen LogP contribution in [0.5, 0.6) is 0 Å². The average Bonchev–Trinajstić information content (AvgIpc) is 3.16. The van der Waals surface area contributed by atoms with Crippen LogP contribution in [0.15, 0.2) is 51.8 Å².